The molecular formula is C17H21FN4O4S. The van der Waals surface area contributed by atoms with Crippen LogP contribution in [0.2, 0.25) is 0 Å². The van der Waals surface area contributed by atoms with Crippen LogP contribution in [0.1, 0.15) is 24.6 Å². The molecule has 0 bridgehead atoms. The molecule has 0 aliphatic rings. The molecule has 0 aliphatic heterocycles. The van der Waals surface area contributed by atoms with Crippen LogP contribution in [0.5, 0.6) is 0 Å². The maximum atomic E-state index is 13.1. The molecule has 3 amide bonds. The Hall–Kier alpha value is -2.56. The van der Waals surface area contributed by atoms with Gasteiger partial charge in [0.05, 0.1) is 12.3 Å². The highest BCUT2D eigenvalue weighted by Crippen LogP contribution is 2.17. The molecule has 1 atom stereocenters. The Morgan fingerprint density at radius 2 is 2.22 bits per heavy atom. The fourth-order valence-corrected chi connectivity index (χ4v) is 2.74. The number of carbonyl (C=O) groups is 2. The zero-order valence-electron chi connectivity index (χ0n) is 14.7. The van der Waals surface area contributed by atoms with Crippen molar-refractivity contribution in [1.82, 2.24) is 15.8 Å². The van der Waals surface area contributed by atoms with Crippen molar-refractivity contribution in [3.63, 3.8) is 0 Å². The second kappa shape index (κ2) is 10.6. The summed E-state index contributed by atoms with van der Waals surface area (Å²) in [5, 5.41) is 16.6. The molecule has 4 N–H and O–H groups in total. The smallest absolute Gasteiger partial charge is 0.321 e. The summed E-state index contributed by atoms with van der Waals surface area (Å²) in [7, 11) is 0. The maximum Gasteiger partial charge on any atom is 0.321 e. The number of amides is 3. The van der Waals surface area contributed by atoms with E-state index in [1.54, 1.807) is 24.4 Å². The van der Waals surface area contributed by atoms with Gasteiger partial charge in [-0.25, -0.2) is 19.6 Å². The van der Waals surface area contributed by atoms with E-state index in [0.29, 0.717) is 16.4 Å². The molecule has 1 aromatic heterocycles. The van der Waals surface area contributed by atoms with Gasteiger partial charge in [0.25, 0.3) is 0 Å². The summed E-state index contributed by atoms with van der Waals surface area (Å²) in [6, 6.07) is 5.48. The molecule has 8 nitrogen and oxygen atoms in total. The molecule has 0 aliphatic carbocycles. The van der Waals surface area contributed by atoms with Crippen LogP contribution in [0.3, 0.4) is 0 Å². The molecular weight excluding hydrogens is 375 g/mol. The third kappa shape index (κ3) is 7.29. The number of hydrogen-bond acceptors (Lipinski definition) is 6. The van der Waals surface area contributed by atoms with Crippen molar-refractivity contribution in [2.75, 3.05) is 11.9 Å². The predicted molar refractivity (Wildman–Crippen MR) is 98.5 cm³/mol. The molecule has 0 saturated carbocycles. The minimum atomic E-state index is -0.641. The van der Waals surface area contributed by atoms with Gasteiger partial charge in [0.2, 0.25) is 5.91 Å². The van der Waals surface area contributed by atoms with E-state index in [-0.39, 0.29) is 37.7 Å². The van der Waals surface area contributed by atoms with Gasteiger partial charge < -0.3 is 10.4 Å². The van der Waals surface area contributed by atoms with E-state index in [1.165, 1.54) is 23.5 Å². The lowest BCUT2D eigenvalue weighted by atomic mass is 10.2. The number of anilines is 1. The number of urea groups is 1. The lowest BCUT2D eigenvalue weighted by Crippen LogP contribution is -2.32. The molecule has 0 fully saturated rings. The first-order chi connectivity index (χ1) is 13.0. The minimum Gasteiger partial charge on any atom is -0.394 e. The van der Waals surface area contributed by atoms with Crippen molar-refractivity contribution < 1.29 is 23.9 Å². The van der Waals surface area contributed by atoms with Gasteiger partial charge in [-0.15, -0.1) is 11.3 Å². The first-order valence-electron chi connectivity index (χ1n) is 8.29. The Morgan fingerprint density at radius 1 is 1.41 bits per heavy atom. The normalized spacial score (nSPS) is 11.7. The third-order valence-corrected chi connectivity index (χ3v) is 4.22. The van der Waals surface area contributed by atoms with Gasteiger partial charge in [-0.05, 0) is 17.7 Å². The molecule has 1 aromatic carbocycles. The summed E-state index contributed by atoms with van der Waals surface area (Å²) in [5.41, 5.74) is 3.49. The first kappa shape index (κ1) is 20.7. The fraction of sp³-hybridized carbons (Fsp3) is 0.353. The Labute approximate surface area is 159 Å². The number of benzene rings is 1. The van der Waals surface area contributed by atoms with Gasteiger partial charge in [-0.3, -0.25) is 14.9 Å². The predicted octanol–water partition coefficient (Wildman–Crippen LogP) is 1.97. The first-order valence-corrected chi connectivity index (χ1v) is 9.17. The van der Waals surface area contributed by atoms with E-state index in [2.05, 4.69) is 21.1 Å². The van der Waals surface area contributed by atoms with Crippen molar-refractivity contribution in [2.24, 2.45) is 0 Å². The fourth-order valence-electron chi connectivity index (χ4n) is 2.03. The van der Waals surface area contributed by atoms with E-state index < -0.39 is 12.1 Å². The van der Waals surface area contributed by atoms with Crippen LogP contribution >= 0.6 is 11.3 Å². The number of nitrogens with one attached hydrogen (secondary N) is 3. The van der Waals surface area contributed by atoms with E-state index >= 15 is 0 Å². The Balaban J connectivity index is 1.80. The van der Waals surface area contributed by atoms with Crippen LogP contribution in [0.15, 0.2) is 29.6 Å². The number of aromatic nitrogens is 1. The van der Waals surface area contributed by atoms with Gasteiger partial charge in [0, 0.05) is 24.8 Å². The number of aliphatic hydroxyl groups excluding tert-OH is 1. The summed E-state index contributed by atoms with van der Waals surface area (Å²) in [4.78, 5) is 32.5. The number of hydroxylamine groups is 1. The van der Waals surface area contributed by atoms with Gasteiger partial charge in [0.15, 0.2) is 5.13 Å². The number of rotatable bonds is 9. The zero-order valence-corrected chi connectivity index (χ0v) is 15.5. The Morgan fingerprint density at radius 3 is 2.93 bits per heavy atom. The SMILES string of the molecule is CCC(=O)NOC(CO)Cc1csc(NC(=O)NCc2cccc(F)c2)n1. The van der Waals surface area contributed by atoms with Crippen LogP contribution in [-0.4, -0.2) is 34.7 Å². The lowest BCUT2D eigenvalue weighted by molar-refractivity contribution is -0.140. The molecule has 0 saturated heterocycles. The molecule has 0 spiro atoms. The molecule has 1 unspecified atom stereocenters. The molecule has 146 valence electrons. The molecule has 2 rings (SSSR count). The van der Waals surface area contributed by atoms with Crippen molar-refractivity contribution in [1.29, 1.82) is 0 Å². The third-order valence-electron chi connectivity index (χ3n) is 3.42. The van der Waals surface area contributed by atoms with E-state index in [9.17, 15) is 19.1 Å². The van der Waals surface area contributed by atoms with Gasteiger partial charge in [-0.1, -0.05) is 19.1 Å². The second-order valence-electron chi connectivity index (χ2n) is 5.59. The van der Waals surface area contributed by atoms with Crippen molar-refractivity contribution in [3.05, 3.63) is 46.7 Å². The average molecular weight is 396 g/mol. The summed E-state index contributed by atoms with van der Waals surface area (Å²) >= 11 is 1.22. The van der Waals surface area contributed by atoms with Crippen LogP contribution in [0.25, 0.3) is 0 Å². The van der Waals surface area contributed by atoms with Crippen LogP contribution in [0.4, 0.5) is 14.3 Å². The van der Waals surface area contributed by atoms with E-state index in [4.69, 9.17) is 4.84 Å². The molecule has 0 radical (unpaired) electrons. The molecule has 10 heteroatoms. The van der Waals surface area contributed by atoms with Crippen LogP contribution in [0, 0.1) is 5.82 Å². The summed E-state index contributed by atoms with van der Waals surface area (Å²) in [6.07, 6.45) is -0.103. The topological polar surface area (TPSA) is 113 Å². The quantitative estimate of drug-likeness (QED) is 0.484. The van der Waals surface area contributed by atoms with Crippen LogP contribution in [-0.2, 0) is 22.6 Å². The Bertz CT molecular complexity index is 771. The number of carbonyl (C=O) groups excluding carboxylic acids is 2. The maximum absolute atomic E-state index is 13.1. The highest BCUT2D eigenvalue weighted by molar-refractivity contribution is 7.13. The average Bonchev–Trinajstić information content (AvgIpc) is 3.10. The largest absolute Gasteiger partial charge is 0.394 e. The van der Waals surface area contributed by atoms with Gasteiger partial charge >= 0.3 is 6.03 Å². The highest BCUT2D eigenvalue weighted by atomic mass is 32.1. The van der Waals surface area contributed by atoms with E-state index in [0.717, 1.165) is 0 Å². The Kier molecular flexibility index (Phi) is 8.11. The lowest BCUT2D eigenvalue weighted by Gasteiger charge is -2.13. The molecule has 27 heavy (non-hydrogen) atoms. The summed E-state index contributed by atoms with van der Waals surface area (Å²) in [6.45, 7) is 1.57. The van der Waals surface area contributed by atoms with Crippen molar-refractivity contribution >= 4 is 28.4 Å². The number of nitrogens with zero attached hydrogens (tertiary/aromatic N) is 1. The van der Waals surface area contributed by atoms with Gasteiger partial charge in [0.1, 0.15) is 11.9 Å². The van der Waals surface area contributed by atoms with E-state index in [1.807, 2.05) is 0 Å². The summed E-state index contributed by atoms with van der Waals surface area (Å²) in [5.74, 6) is -0.654. The van der Waals surface area contributed by atoms with Crippen LogP contribution < -0.4 is 16.1 Å². The van der Waals surface area contributed by atoms with Crippen molar-refractivity contribution in [2.45, 2.75) is 32.4 Å². The van der Waals surface area contributed by atoms with Crippen molar-refractivity contribution in [3.8, 4) is 0 Å². The second-order valence-corrected chi connectivity index (χ2v) is 6.45. The zero-order chi connectivity index (χ0) is 19.6. The standard InChI is InChI=1S/C17H21FN4O4S/c1-2-15(24)22-26-14(9-23)7-13-10-27-17(20-13)21-16(25)19-8-11-4-3-5-12(18)6-11/h3-6,10,14,23H,2,7-9H2,1H3,(H,22,24)(H2,19,20,21,25). The number of halogens is 1. The number of aliphatic hydroxyl groups is 1. The minimum absolute atomic E-state index is 0.180. The number of hydrogen-bond donors (Lipinski definition) is 4. The van der Waals surface area contributed by atoms with Gasteiger partial charge in [-0.2, -0.15) is 0 Å². The monoisotopic (exact) mass is 396 g/mol. The molecule has 1 heterocycles. The summed E-state index contributed by atoms with van der Waals surface area (Å²) < 4.78 is 13.1. The highest BCUT2D eigenvalue weighted by Gasteiger charge is 2.14. The molecule has 2 aromatic rings. The number of thiazole rings is 1.